The van der Waals surface area contributed by atoms with Gasteiger partial charge in [-0.3, -0.25) is 9.59 Å². The van der Waals surface area contributed by atoms with Crippen LogP contribution >= 0.6 is 0 Å². The largest absolute Gasteiger partial charge is 0.497 e. The lowest BCUT2D eigenvalue weighted by Crippen LogP contribution is -2.24. The standard InChI is InChI=1S/C25H30N2O4/c1-30-19-13-11-18(12-14-19)25-21(20-8-5-6-9-22(20)27-25)15-16-23(28)26-17-7-3-4-10-24(29)31-2/h5-6,8-9,11-14,27H,3-4,7,10,15-17H2,1-2H3,(H,26,28). The highest BCUT2D eigenvalue weighted by Crippen LogP contribution is 2.32. The van der Waals surface area contributed by atoms with Crippen LogP contribution < -0.4 is 10.1 Å². The average Bonchev–Trinajstić information content (AvgIpc) is 3.18. The molecule has 0 bridgehead atoms. The van der Waals surface area contributed by atoms with E-state index in [4.69, 9.17) is 4.74 Å². The number of hydrogen-bond donors (Lipinski definition) is 2. The number of amides is 1. The molecule has 0 aliphatic rings. The number of rotatable bonds is 11. The Labute approximate surface area is 182 Å². The molecule has 6 heteroatoms. The molecule has 0 unspecified atom stereocenters. The first-order valence-corrected chi connectivity index (χ1v) is 10.7. The van der Waals surface area contributed by atoms with Gasteiger partial charge in [0.1, 0.15) is 5.75 Å². The Bertz CT molecular complexity index is 1010. The third-order valence-electron chi connectivity index (χ3n) is 5.40. The second kappa shape index (κ2) is 11.2. The van der Waals surface area contributed by atoms with Gasteiger partial charge in [-0.25, -0.2) is 0 Å². The second-order valence-corrected chi connectivity index (χ2v) is 7.49. The van der Waals surface area contributed by atoms with E-state index in [0.717, 1.165) is 52.7 Å². The van der Waals surface area contributed by atoms with E-state index < -0.39 is 0 Å². The maximum absolute atomic E-state index is 12.4. The zero-order valence-corrected chi connectivity index (χ0v) is 18.2. The van der Waals surface area contributed by atoms with Crippen LogP contribution in [-0.4, -0.2) is 37.6 Å². The van der Waals surface area contributed by atoms with Crippen molar-refractivity contribution < 1.29 is 19.1 Å². The van der Waals surface area contributed by atoms with Crippen LogP contribution in [-0.2, 0) is 20.7 Å². The van der Waals surface area contributed by atoms with Crippen LogP contribution in [0.25, 0.3) is 22.2 Å². The predicted molar refractivity (Wildman–Crippen MR) is 122 cm³/mol. The third kappa shape index (κ3) is 6.10. The number of H-pyrrole nitrogens is 1. The van der Waals surface area contributed by atoms with E-state index in [2.05, 4.69) is 27.2 Å². The third-order valence-corrected chi connectivity index (χ3v) is 5.40. The zero-order chi connectivity index (χ0) is 22.1. The molecule has 3 aromatic rings. The van der Waals surface area contributed by atoms with E-state index in [1.807, 2.05) is 36.4 Å². The second-order valence-electron chi connectivity index (χ2n) is 7.49. The lowest BCUT2D eigenvalue weighted by atomic mass is 10.0. The maximum Gasteiger partial charge on any atom is 0.305 e. The molecule has 0 spiro atoms. The van der Waals surface area contributed by atoms with Gasteiger partial charge in [-0.1, -0.05) is 24.6 Å². The van der Waals surface area contributed by atoms with Gasteiger partial charge in [-0.2, -0.15) is 0 Å². The number of unbranched alkanes of at least 4 members (excludes halogenated alkanes) is 2. The molecule has 2 N–H and O–H groups in total. The number of hydrogen-bond acceptors (Lipinski definition) is 4. The van der Waals surface area contributed by atoms with Crippen LogP contribution in [0.15, 0.2) is 48.5 Å². The monoisotopic (exact) mass is 422 g/mol. The minimum atomic E-state index is -0.185. The zero-order valence-electron chi connectivity index (χ0n) is 18.2. The molecule has 0 radical (unpaired) electrons. The number of methoxy groups -OCH3 is 2. The van der Waals surface area contributed by atoms with E-state index in [9.17, 15) is 9.59 Å². The SMILES string of the molecule is COC(=O)CCCCCNC(=O)CCc1c(-c2ccc(OC)cc2)[nH]c2ccccc12. The Hall–Kier alpha value is -3.28. The molecule has 164 valence electrons. The van der Waals surface area contributed by atoms with Crippen molar-refractivity contribution in [2.75, 3.05) is 20.8 Å². The molecule has 0 saturated carbocycles. The maximum atomic E-state index is 12.4. The number of esters is 1. The van der Waals surface area contributed by atoms with E-state index in [1.165, 1.54) is 7.11 Å². The van der Waals surface area contributed by atoms with Gasteiger partial charge >= 0.3 is 5.97 Å². The molecule has 1 amide bonds. The minimum absolute atomic E-state index is 0.0407. The Morgan fingerprint density at radius 2 is 1.71 bits per heavy atom. The van der Waals surface area contributed by atoms with Crippen molar-refractivity contribution in [1.82, 2.24) is 10.3 Å². The van der Waals surface area contributed by atoms with Crippen LogP contribution in [0.3, 0.4) is 0 Å². The topological polar surface area (TPSA) is 80.4 Å². The van der Waals surface area contributed by atoms with Crippen LogP contribution in [0.1, 0.15) is 37.7 Å². The molecule has 2 aromatic carbocycles. The van der Waals surface area contributed by atoms with Crippen LogP contribution in [0.5, 0.6) is 5.75 Å². The molecule has 0 saturated heterocycles. The summed E-state index contributed by atoms with van der Waals surface area (Å²) < 4.78 is 9.89. The van der Waals surface area contributed by atoms with Crippen LogP contribution in [0.2, 0.25) is 0 Å². The van der Waals surface area contributed by atoms with Gasteiger partial charge in [-0.05, 0) is 60.7 Å². The van der Waals surface area contributed by atoms with Gasteiger partial charge in [0.25, 0.3) is 0 Å². The summed E-state index contributed by atoms with van der Waals surface area (Å²) in [7, 11) is 3.05. The number of para-hydroxylation sites is 1. The first-order chi connectivity index (χ1) is 15.1. The lowest BCUT2D eigenvalue weighted by Gasteiger charge is -2.08. The number of aryl methyl sites for hydroxylation is 1. The lowest BCUT2D eigenvalue weighted by molar-refractivity contribution is -0.140. The number of fused-ring (bicyclic) bond motifs is 1. The van der Waals surface area contributed by atoms with Crippen molar-refractivity contribution in [2.24, 2.45) is 0 Å². The molecule has 0 atom stereocenters. The average molecular weight is 423 g/mol. The molecule has 0 aliphatic carbocycles. The van der Waals surface area contributed by atoms with Crippen molar-refractivity contribution >= 4 is 22.8 Å². The number of carbonyl (C=O) groups excluding carboxylic acids is 2. The highest BCUT2D eigenvalue weighted by molar-refractivity contribution is 5.91. The first-order valence-electron chi connectivity index (χ1n) is 10.7. The Kier molecular flexibility index (Phi) is 8.10. The van der Waals surface area contributed by atoms with E-state index in [0.29, 0.717) is 25.8 Å². The molecule has 6 nitrogen and oxygen atoms in total. The Morgan fingerprint density at radius 1 is 0.935 bits per heavy atom. The number of nitrogens with one attached hydrogen (secondary N) is 2. The van der Waals surface area contributed by atoms with E-state index in [1.54, 1.807) is 7.11 Å². The van der Waals surface area contributed by atoms with Crippen molar-refractivity contribution in [3.8, 4) is 17.0 Å². The molecular formula is C25H30N2O4. The van der Waals surface area contributed by atoms with Gasteiger partial charge < -0.3 is 19.8 Å². The van der Waals surface area contributed by atoms with Gasteiger partial charge in [0, 0.05) is 36.0 Å². The number of aromatic nitrogens is 1. The fourth-order valence-corrected chi connectivity index (χ4v) is 3.69. The van der Waals surface area contributed by atoms with Crippen LogP contribution in [0, 0.1) is 0 Å². The van der Waals surface area contributed by atoms with Crippen molar-refractivity contribution in [1.29, 1.82) is 0 Å². The Morgan fingerprint density at radius 3 is 2.45 bits per heavy atom. The summed E-state index contributed by atoms with van der Waals surface area (Å²) in [6.07, 6.45) is 4.03. The normalized spacial score (nSPS) is 10.8. The highest BCUT2D eigenvalue weighted by Gasteiger charge is 2.14. The molecule has 0 aliphatic heterocycles. The Balaban J connectivity index is 1.59. The summed E-state index contributed by atoms with van der Waals surface area (Å²) in [6, 6.07) is 16.1. The summed E-state index contributed by atoms with van der Waals surface area (Å²) in [5, 5.41) is 4.13. The van der Waals surface area contributed by atoms with Gasteiger partial charge in [0.15, 0.2) is 0 Å². The molecule has 0 fully saturated rings. The van der Waals surface area contributed by atoms with Crippen LogP contribution in [0.4, 0.5) is 0 Å². The van der Waals surface area contributed by atoms with Gasteiger partial charge in [0.2, 0.25) is 5.91 Å². The summed E-state index contributed by atoms with van der Waals surface area (Å²) in [5.74, 6) is 0.668. The van der Waals surface area contributed by atoms with E-state index >= 15 is 0 Å². The first kappa shape index (κ1) is 22.4. The van der Waals surface area contributed by atoms with Crippen molar-refractivity contribution in [3.05, 3.63) is 54.1 Å². The number of ether oxygens (including phenoxy) is 2. The summed E-state index contributed by atoms with van der Waals surface area (Å²) in [4.78, 5) is 27.0. The highest BCUT2D eigenvalue weighted by atomic mass is 16.5. The van der Waals surface area contributed by atoms with Gasteiger partial charge in [-0.15, -0.1) is 0 Å². The van der Waals surface area contributed by atoms with E-state index in [-0.39, 0.29) is 11.9 Å². The quantitative estimate of drug-likeness (QED) is 0.349. The molecule has 1 aromatic heterocycles. The smallest absolute Gasteiger partial charge is 0.305 e. The van der Waals surface area contributed by atoms with Crippen molar-refractivity contribution in [2.45, 2.75) is 38.5 Å². The summed E-state index contributed by atoms with van der Waals surface area (Å²) in [5.41, 5.74) is 4.32. The number of aromatic amines is 1. The molecule has 31 heavy (non-hydrogen) atoms. The van der Waals surface area contributed by atoms with Crippen molar-refractivity contribution in [3.63, 3.8) is 0 Å². The minimum Gasteiger partial charge on any atom is -0.497 e. The number of carbonyl (C=O) groups is 2. The molecule has 3 rings (SSSR count). The summed E-state index contributed by atoms with van der Waals surface area (Å²) >= 11 is 0. The number of benzene rings is 2. The van der Waals surface area contributed by atoms with Gasteiger partial charge in [0.05, 0.1) is 14.2 Å². The summed E-state index contributed by atoms with van der Waals surface area (Å²) in [6.45, 7) is 0.624. The predicted octanol–water partition coefficient (Wildman–Crippen LogP) is 4.63. The fourth-order valence-electron chi connectivity index (χ4n) is 3.69. The molecule has 1 heterocycles. The molecular weight excluding hydrogens is 392 g/mol. The fraction of sp³-hybridized carbons (Fsp3) is 0.360.